The minimum absolute atomic E-state index is 0.396. The lowest BCUT2D eigenvalue weighted by Crippen LogP contribution is -2.20. The molecule has 0 aromatic carbocycles. The van der Waals surface area contributed by atoms with E-state index in [1.54, 1.807) is 11.3 Å². The third-order valence-corrected chi connectivity index (χ3v) is 4.10. The van der Waals surface area contributed by atoms with E-state index in [1.807, 2.05) is 11.6 Å². The highest BCUT2D eigenvalue weighted by Gasteiger charge is 2.11. The van der Waals surface area contributed by atoms with Gasteiger partial charge in [-0.25, -0.2) is 9.97 Å². The topological polar surface area (TPSA) is 41.9 Å². The molecule has 0 atom stereocenters. The summed E-state index contributed by atoms with van der Waals surface area (Å²) in [6.07, 6.45) is 2.81. The fraction of sp³-hybridized carbons (Fsp3) is 0.545. The molecular formula is C11H16N4S2. The van der Waals surface area contributed by atoms with Crippen LogP contribution in [0.3, 0.4) is 0 Å². The summed E-state index contributed by atoms with van der Waals surface area (Å²) in [4.78, 5) is 10.9. The monoisotopic (exact) mass is 268 g/mol. The summed E-state index contributed by atoms with van der Waals surface area (Å²) in [5, 5.41) is 4.17. The van der Waals surface area contributed by atoms with Crippen LogP contribution in [0, 0.1) is 0 Å². The molecule has 0 radical (unpaired) electrons. The van der Waals surface area contributed by atoms with E-state index < -0.39 is 0 Å². The fourth-order valence-electron chi connectivity index (χ4n) is 1.35. The predicted octanol–water partition coefficient (Wildman–Crippen LogP) is 2.80. The first kappa shape index (κ1) is 12.4. The van der Waals surface area contributed by atoms with Gasteiger partial charge in [0.2, 0.25) is 5.13 Å². The summed E-state index contributed by atoms with van der Waals surface area (Å²) in [5.74, 6) is 1.33. The molecule has 17 heavy (non-hydrogen) atoms. The molecule has 0 unspecified atom stereocenters. The van der Waals surface area contributed by atoms with E-state index in [4.69, 9.17) is 0 Å². The van der Waals surface area contributed by atoms with E-state index in [-0.39, 0.29) is 0 Å². The Bertz CT molecular complexity index is 450. The van der Waals surface area contributed by atoms with Gasteiger partial charge in [0, 0.05) is 49.0 Å². The number of thiazole rings is 1. The molecule has 2 heterocycles. The first-order chi connectivity index (χ1) is 8.16. The second-order valence-corrected chi connectivity index (χ2v) is 5.90. The maximum atomic E-state index is 4.53. The third-order valence-electron chi connectivity index (χ3n) is 2.42. The van der Waals surface area contributed by atoms with Crippen molar-refractivity contribution in [2.75, 3.05) is 18.5 Å². The Kier molecular flexibility index (Phi) is 4.06. The summed E-state index contributed by atoms with van der Waals surface area (Å²) >= 11 is 3.17. The molecule has 4 nitrogen and oxygen atoms in total. The van der Waals surface area contributed by atoms with E-state index >= 15 is 0 Å². The van der Waals surface area contributed by atoms with Gasteiger partial charge >= 0.3 is 0 Å². The molecule has 0 aliphatic rings. The van der Waals surface area contributed by atoms with Crippen LogP contribution in [0.15, 0.2) is 11.6 Å². The normalized spacial score (nSPS) is 11.1. The van der Waals surface area contributed by atoms with Crippen LogP contribution in [-0.2, 0) is 6.42 Å². The Hall–Kier alpha value is -1.01. The summed E-state index contributed by atoms with van der Waals surface area (Å²) in [6.45, 7) is 5.16. The molecule has 2 aromatic rings. The van der Waals surface area contributed by atoms with Crippen LogP contribution in [0.4, 0.5) is 5.13 Å². The highest BCUT2D eigenvalue weighted by molar-refractivity contribution is 7.10. The molecule has 0 bridgehead atoms. The SMILES string of the molecule is CC(C)c1nsc(N(C)CCc2nccs2)n1. The van der Waals surface area contributed by atoms with Crippen LogP contribution in [0.1, 0.15) is 30.6 Å². The number of anilines is 1. The van der Waals surface area contributed by atoms with Gasteiger partial charge in [0.1, 0.15) is 5.82 Å². The second kappa shape index (κ2) is 5.55. The number of nitrogens with zero attached hydrogens (tertiary/aromatic N) is 4. The average molecular weight is 268 g/mol. The Morgan fingerprint density at radius 1 is 1.41 bits per heavy atom. The zero-order valence-electron chi connectivity index (χ0n) is 10.3. The van der Waals surface area contributed by atoms with Crippen molar-refractivity contribution >= 4 is 28.0 Å². The van der Waals surface area contributed by atoms with Crippen molar-refractivity contribution in [3.8, 4) is 0 Å². The van der Waals surface area contributed by atoms with Gasteiger partial charge in [0.25, 0.3) is 0 Å². The Labute approximate surface area is 110 Å². The molecule has 0 saturated heterocycles. The van der Waals surface area contributed by atoms with Gasteiger partial charge in [-0.2, -0.15) is 4.37 Å². The number of rotatable bonds is 5. The van der Waals surface area contributed by atoms with Crippen molar-refractivity contribution in [2.24, 2.45) is 0 Å². The van der Waals surface area contributed by atoms with Crippen LogP contribution in [-0.4, -0.2) is 27.9 Å². The minimum Gasteiger partial charge on any atom is -0.349 e. The van der Waals surface area contributed by atoms with Crippen molar-refractivity contribution < 1.29 is 0 Å². The van der Waals surface area contributed by atoms with E-state index in [9.17, 15) is 0 Å². The van der Waals surface area contributed by atoms with E-state index in [0.717, 1.165) is 23.9 Å². The largest absolute Gasteiger partial charge is 0.349 e. The highest BCUT2D eigenvalue weighted by Crippen LogP contribution is 2.20. The van der Waals surface area contributed by atoms with Gasteiger partial charge in [0.05, 0.1) is 5.01 Å². The zero-order chi connectivity index (χ0) is 12.3. The molecule has 0 amide bonds. The van der Waals surface area contributed by atoms with Crippen molar-refractivity contribution in [1.29, 1.82) is 0 Å². The van der Waals surface area contributed by atoms with Crippen LogP contribution >= 0.6 is 22.9 Å². The smallest absolute Gasteiger partial charge is 0.204 e. The zero-order valence-corrected chi connectivity index (χ0v) is 11.9. The fourth-order valence-corrected chi connectivity index (χ4v) is 2.75. The lowest BCUT2D eigenvalue weighted by molar-refractivity contribution is 0.789. The second-order valence-electron chi connectivity index (χ2n) is 4.19. The maximum absolute atomic E-state index is 4.53. The number of likely N-dealkylation sites (N-methyl/N-ethyl adjacent to an activating group) is 1. The molecule has 0 spiro atoms. The highest BCUT2D eigenvalue weighted by atomic mass is 32.1. The van der Waals surface area contributed by atoms with Crippen molar-refractivity contribution in [1.82, 2.24) is 14.3 Å². The first-order valence-electron chi connectivity index (χ1n) is 5.60. The molecule has 0 saturated carbocycles. The molecule has 2 aromatic heterocycles. The molecule has 6 heteroatoms. The molecule has 0 N–H and O–H groups in total. The summed E-state index contributed by atoms with van der Waals surface area (Å²) in [5.41, 5.74) is 0. The standard InChI is InChI=1S/C11H16N4S2/c1-8(2)10-13-11(17-14-10)15(3)6-4-9-12-5-7-16-9/h5,7-8H,4,6H2,1-3H3. The molecule has 0 aliphatic heterocycles. The summed E-state index contributed by atoms with van der Waals surface area (Å²) < 4.78 is 4.36. The Balaban J connectivity index is 1.92. The number of aromatic nitrogens is 3. The van der Waals surface area contributed by atoms with Gasteiger partial charge in [-0.1, -0.05) is 13.8 Å². The average Bonchev–Trinajstić information content (AvgIpc) is 2.96. The number of hydrogen-bond donors (Lipinski definition) is 0. The van der Waals surface area contributed by atoms with Crippen molar-refractivity contribution in [3.05, 3.63) is 22.4 Å². The Morgan fingerprint density at radius 2 is 2.24 bits per heavy atom. The number of hydrogen-bond acceptors (Lipinski definition) is 6. The van der Waals surface area contributed by atoms with Gasteiger partial charge in [-0.05, 0) is 0 Å². The van der Waals surface area contributed by atoms with Crippen LogP contribution in [0.5, 0.6) is 0 Å². The summed E-state index contributed by atoms with van der Waals surface area (Å²) in [6, 6.07) is 0. The molecule has 2 rings (SSSR count). The maximum Gasteiger partial charge on any atom is 0.204 e. The van der Waals surface area contributed by atoms with Gasteiger partial charge < -0.3 is 4.90 Å². The van der Waals surface area contributed by atoms with E-state index in [2.05, 4.69) is 40.1 Å². The molecule has 0 aliphatic carbocycles. The van der Waals surface area contributed by atoms with Crippen LogP contribution in [0.25, 0.3) is 0 Å². The molecular weight excluding hydrogens is 252 g/mol. The van der Waals surface area contributed by atoms with Crippen LogP contribution < -0.4 is 4.90 Å². The lowest BCUT2D eigenvalue weighted by atomic mass is 10.2. The van der Waals surface area contributed by atoms with Crippen molar-refractivity contribution in [3.63, 3.8) is 0 Å². The van der Waals surface area contributed by atoms with Crippen LogP contribution in [0.2, 0.25) is 0 Å². The quantitative estimate of drug-likeness (QED) is 0.836. The molecule has 92 valence electrons. The van der Waals surface area contributed by atoms with E-state index in [1.165, 1.54) is 16.5 Å². The van der Waals surface area contributed by atoms with Gasteiger partial charge in [-0.15, -0.1) is 11.3 Å². The first-order valence-corrected chi connectivity index (χ1v) is 7.25. The van der Waals surface area contributed by atoms with Gasteiger partial charge in [-0.3, -0.25) is 0 Å². The van der Waals surface area contributed by atoms with Gasteiger partial charge in [0.15, 0.2) is 0 Å². The third kappa shape index (κ3) is 3.23. The minimum atomic E-state index is 0.396. The molecule has 0 fully saturated rings. The van der Waals surface area contributed by atoms with E-state index in [0.29, 0.717) is 5.92 Å². The Morgan fingerprint density at radius 3 is 2.82 bits per heavy atom. The predicted molar refractivity (Wildman–Crippen MR) is 73.1 cm³/mol. The van der Waals surface area contributed by atoms with Crippen molar-refractivity contribution in [2.45, 2.75) is 26.2 Å². The lowest BCUT2D eigenvalue weighted by Gasteiger charge is -2.13. The summed E-state index contributed by atoms with van der Waals surface area (Å²) in [7, 11) is 2.05.